The number of carbonyl (C=O) groups is 1. The highest BCUT2D eigenvalue weighted by molar-refractivity contribution is 7.09. The Morgan fingerprint density at radius 1 is 1.42 bits per heavy atom. The third-order valence-electron chi connectivity index (χ3n) is 2.22. The van der Waals surface area contributed by atoms with Crippen molar-refractivity contribution in [2.75, 3.05) is 11.9 Å². The van der Waals surface area contributed by atoms with E-state index in [-0.39, 0.29) is 19.0 Å². The quantitative estimate of drug-likeness (QED) is 0.763. The van der Waals surface area contributed by atoms with Gasteiger partial charge in [-0.2, -0.15) is 4.37 Å². The second-order valence-corrected chi connectivity index (χ2v) is 4.34. The highest BCUT2D eigenvalue weighted by atomic mass is 35.5. The molecule has 4 N–H and O–H groups in total. The van der Waals surface area contributed by atoms with Gasteiger partial charge in [0.25, 0.3) is 0 Å². The second kappa shape index (κ2) is 7.03. The van der Waals surface area contributed by atoms with Gasteiger partial charge in [0.1, 0.15) is 6.10 Å². The number of nitrogens with two attached hydrogens (primary N) is 1. The van der Waals surface area contributed by atoms with E-state index < -0.39 is 12.0 Å². The number of amides is 1. The van der Waals surface area contributed by atoms with E-state index in [1.54, 1.807) is 12.1 Å². The van der Waals surface area contributed by atoms with Crippen LogP contribution in [0.15, 0.2) is 30.3 Å². The monoisotopic (exact) mass is 300 g/mol. The Kier molecular flexibility index (Phi) is 5.68. The SMILES string of the molecule is Cl.NC(=O)CNc1nc(C(O)c2ccccc2)ns1. The van der Waals surface area contributed by atoms with Crippen molar-refractivity contribution in [2.45, 2.75) is 6.10 Å². The lowest BCUT2D eigenvalue weighted by Gasteiger charge is -2.05. The van der Waals surface area contributed by atoms with Crippen LogP contribution < -0.4 is 11.1 Å². The number of aromatic nitrogens is 2. The summed E-state index contributed by atoms with van der Waals surface area (Å²) in [5, 5.41) is 13.2. The van der Waals surface area contributed by atoms with Gasteiger partial charge in [-0.25, -0.2) is 4.98 Å². The lowest BCUT2D eigenvalue weighted by Crippen LogP contribution is -2.21. The maximum atomic E-state index is 10.6. The van der Waals surface area contributed by atoms with Crippen molar-refractivity contribution in [3.63, 3.8) is 0 Å². The van der Waals surface area contributed by atoms with Crippen LogP contribution in [-0.4, -0.2) is 26.9 Å². The smallest absolute Gasteiger partial charge is 0.236 e. The summed E-state index contributed by atoms with van der Waals surface area (Å²) < 4.78 is 4.04. The number of hydrogen-bond acceptors (Lipinski definition) is 6. The molecule has 0 radical (unpaired) electrons. The van der Waals surface area contributed by atoms with Gasteiger partial charge in [-0.05, 0) is 5.56 Å². The number of rotatable bonds is 5. The Bertz CT molecular complexity index is 535. The van der Waals surface area contributed by atoms with E-state index in [0.717, 1.165) is 17.1 Å². The molecule has 0 spiro atoms. The number of primary amides is 1. The van der Waals surface area contributed by atoms with Crippen molar-refractivity contribution >= 4 is 35.0 Å². The molecule has 1 heterocycles. The summed E-state index contributed by atoms with van der Waals surface area (Å²) in [7, 11) is 0. The fourth-order valence-corrected chi connectivity index (χ4v) is 1.96. The van der Waals surface area contributed by atoms with E-state index in [9.17, 15) is 9.90 Å². The molecule has 102 valence electrons. The van der Waals surface area contributed by atoms with E-state index in [4.69, 9.17) is 5.73 Å². The number of carbonyl (C=O) groups excluding carboxylic acids is 1. The largest absolute Gasteiger partial charge is 0.380 e. The fraction of sp³-hybridized carbons (Fsp3) is 0.182. The molecule has 2 aromatic rings. The van der Waals surface area contributed by atoms with Crippen LogP contribution >= 0.6 is 23.9 Å². The average molecular weight is 301 g/mol. The molecular weight excluding hydrogens is 288 g/mol. The van der Waals surface area contributed by atoms with Crippen molar-refractivity contribution < 1.29 is 9.90 Å². The average Bonchev–Trinajstić information content (AvgIpc) is 2.85. The van der Waals surface area contributed by atoms with Gasteiger partial charge in [0.2, 0.25) is 11.0 Å². The number of aliphatic hydroxyl groups is 1. The van der Waals surface area contributed by atoms with Gasteiger partial charge >= 0.3 is 0 Å². The van der Waals surface area contributed by atoms with Gasteiger partial charge in [-0.3, -0.25) is 4.79 Å². The minimum atomic E-state index is -0.869. The Hall–Kier alpha value is -1.70. The van der Waals surface area contributed by atoms with E-state index >= 15 is 0 Å². The van der Waals surface area contributed by atoms with Gasteiger partial charge in [0.15, 0.2) is 5.82 Å². The van der Waals surface area contributed by atoms with Gasteiger partial charge in [-0.1, -0.05) is 30.3 Å². The molecule has 0 saturated heterocycles. The highest BCUT2D eigenvalue weighted by Crippen LogP contribution is 2.22. The molecule has 1 unspecified atom stereocenters. The van der Waals surface area contributed by atoms with E-state index in [1.807, 2.05) is 18.2 Å². The molecule has 0 aliphatic rings. The molecular formula is C11H13ClN4O2S. The number of halogens is 1. The van der Waals surface area contributed by atoms with Crippen LogP contribution in [0.25, 0.3) is 0 Å². The minimum Gasteiger partial charge on any atom is -0.380 e. The number of hydrogen-bond donors (Lipinski definition) is 3. The number of benzene rings is 1. The number of nitrogens with one attached hydrogen (secondary N) is 1. The summed E-state index contributed by atoms with van der Waals surface area (Å²) in [6, 6.07) is 9.11. The summed E-state index contributed by atoms with van der Waals surface area (Å²) in [6.07, 6.45) is -0.869. The molecule has 0 saturated carbocycles. The number of nitrogens with zero attached hydrogens (tertiary/aromatic N) is 2. The van der Waals surface area contributed by atoms with Crippen LogP contribution in [0.1, 0.15) is 17.5 Å². The zero-order chi connectivity index (χ0) is 13.0. The standard InChI is InChI=1S/C11H12N4O2S.ClH/c12-8(16)6-13-11-14-10(15-18-11)9(17)7-4-2-1-3-5-7;/h1-5,9,17H,6H2,(H2,12,16)(H,13,14,15);1H. The maximum Gasteiger partial charge on any atom is 0.236 e. The third kappa shape index (κ3) is 4.16. The molecule has 0 fully saturated rings. The first-order chi connectivity index (χ1) is 8.66. The molecule has 0 bridgehead atoms. The molecule has 0 aliphatic carbocycles. The number of anilines is 1. The van der Waals surface area contributed by atoms with Crippen LogP contribution in [0.3, 0.4) is 0 Å². The molecule has 8 heteroatoms. The summed E-state index contributed by atoms with van der Waals surface area (Å²) in [4.78, 5) is 14.7. The van der Waals surface area contributed by atoms with Crippen molar-refractivity contribution in [2.24, 2.45) is 5.73 Å². The molecule has 1 atom stereocenters. The summed E-state index contributed by atoms with van der Waals surface area (Å²) >= 11 is 1.07. The lowest BCUT2D eigenvalue weighted by atomic mass is 10.1. The van der Waals surface area contributed by atoms with Gasteiger partial charge in [-0.15, -0.1) is 12.4 Å². The van der Waals surface area contributed by atoms with Crippen LogP contribution in [0.5, 0.6) is 0 Å². The molecule has 1 aromatic carbocycles. The third-order valence-corrected chi connectivity index (χ3v) is 2.90. The Morgan fingerprint density at radius 2 is 2.11 bits per heavy atom. The van der Waals surface area contributed by atoms with Crippen molar-refractivity contribution in [3.8, 4) is 0 Å². The Morgan fingerprint density at radius 3 is 2.74 bits per heavy atom. The van der Waals surface area contributed by atoms with Gasteiger partial charge in [0.05, 0.1) is 6.54 Å². The molecule has 1 aromatic heterocycles. The molecule has 0 aliphatic heterocycles. The first kappa shape index (κ1) is 15.4. The van der Waals surface area contributed by atoms with E-state index in [2.05, 4.69) is 14.7 Å². The first-order valence-electron chi connectivity index (χ1n) is 5.25. The van der Waals surface area contributed by atoms with E-state index in [1.165, 1.54) is 0 Å². The van der Waals surface area contributed by atoms with Crippen LogP contribution in [0, 0.1) is 0 Å². The Labute approximate surface area is 120 Å². The predicted octanol–water partition coefficient (Wildman–Crippen LogP) is 0.939. The van der Waals surface area contributed by atoms with Crippen molar-refractivity contribution in [1.82, 2.24) is 9.36 Å². The van der Waals surface area contributed by atoms with Crippen LogP contribution in [-0.2, 0) is 4.79 Å². The molecule has 6 nitrogen and oxygen atoms in total. The summed E-state index contributed by atoms with van der Waals surface area (Å²) in [5.74, 6) is -0.173. The highest BCUT2D eigenvalue weighted by Gasteiger charge is 2.15. The van der Waals surface area contributed by atoms with Crippen molar-refractivity contribution in [3.05, 3.63) is 41.7 Å². The Balaban J connectivity index is 0.00000180. The maximum absolute atomic E-state index is 10.6. The van der Waals surface area contributed by atoms with Gasteiger partial charge in [0, 0.05) is 11.5 Å². The predicted molar refractivity (Wildman–Crippen MR) is 75.3 cm³/mol. The second-order valence-electron chi connectivity index (χ2n) is 3.59. The van der Waals surface area contributed by atoms with Crippen LogP contribution in [0.2, 0.25) is 0 Å². The molecule has 19 heavy (non-hydrogen) atoms. The normalized spacial score (nSPS) is 11.4. The minimum absolute atomic E-state index is 0. The van der Waals surface area contributed by atoms with Gasteiger partial charge < -0.3 is 16.2 Å². The zero-order valence-corrected chi connectivity index (χ0v) is 11.4. The lowest BCUT2D eigenvalue weighted by molar-refractivity contribution is -0.116. The summed E-state index contributed by atoms with van der Waals surface area (Å²) in [6.45, 7) is -0.00390. The summed E-state index contributed by atoms with van der Waals surface area (Å²) in [5.41, 5.74) is 5.72. The van der Waals surface area contributed by atoms with Crippen LogP contribution in [0.4, 0.5) is 5.13 Å². The molecule has 2 rings (SSSR count). The first-order valence-corrected chi connectivity index (χ1v) is 6.03. The number of aliphatic hydroxyl groups excluding tert-OH is 1. The van der Waals surface area contributed by atoms with E-state index in [0.29, 0.717) is 11.0 Å². The fourth-order valence-electron chi connectivity index (χ4n) is 1.36. The van der Waals surface area contributed by atoms with Crippen molar-refractivity contribution in [1.29, 1.82) is 0 Å². The topological polar surface area (TPSA) is 101 Å². The zero-order valence-electron chi connectivity index (χ0n) is 9.81. The molecule has 1 amide bonds.